The van der Waals surface area contributed by atoms with Gasteiger partial charge in [-0.2, -0.15) is 9.39 Å². The summed E-state index contributed by atoms with van der Waals surface area (Å²) in [6.07, 6.45) is 3.13. The van der Waals surface area contributed by atoms with Crippen LogP contribution in [0.3, 0.4) is 0 Å². The van der Waals surface area contributed by atoms with Crippen molar-refractivity contribution in [2.24, 2.45) is 9.39 Å². The highest BCUT2D eigenvalue weighted by Crippen LogP contribution is 2.30. The molecule has 0 radical (unpaired) electrons. The van der Waals surface area contributed by atoms with E-state index in [0.717, 1.165) is 23.1 Å². The highest BCUT2D eigenvalue weighted by atomic mass is 35.5. The number of nitrogens with one attached hydrogen (secondary N) is 1. The first-order valence-electron chi connectivity index (χ1n) is 10.0. The van der Waals surface area contributed by atoms with Gasteiger partial charge < -0.3 is 9.47 Å². The van der Waals surface area contributed by atoms with Crippen LogP contribution >= 0.6 is 23.5 Å². The molecule has 0 aromatic heterocycles. The van der Waals surface area contributed by atoms with Crippen molar-refractivity contribution >= 4 is 61.5 Å². The average Bonchev–Trinajstić information content (AvgIpc) is 3.23. The Kier molecular flexibility index (Phi) is 7.05. The zero-order valence-electron chi connectivity index (χ0n) is 17.9. The number of ether oxygens (including phenoxy) is 2. The number of hydrogen-bond donors (Lipinski definition) is 1. The van der Waals surface area contributed by atoms with Gasteiger partial charge in [0.1, 0.15) is 17.3 Å². The second kappa shape index (κ2) is 10.00. The van der Waals surface area contributed by atoms with Gasteiger partial charge in [0.25, 0.3) is 5.91 Å². The lowest BCUT2D eigenvalue weighted by Gasteiger charge is -2.23. The lowest BCUT2D eigenvalue weighted by atomic mass is 10.1. The van der Waals surface area contributed by atoms with E-state index in [2.05, 4.69) is 9.39 Å². The molecule has 12 heteroatoms. The number of amidine groups is 3. The van der Waals surface area contributed by atoms with Gasteiger partial charge in [-0.15, -0.1) is 0 Å². The number of sulfone groups is 1. The van der Waals surface area contributed by atoms with E-state index in [1.807, 2.05) is 12.1 Å². The Morgan fingerprint density at radius 2 is 1.82 bits per heavy atom. The first-order chi connectivity index (χ1) is 16.2. The summed E-state index contributed by atoms with van der Waals surface area (Å²) in [5.74, 6) is 0.339. The minimum absolute atomic E-state index is 0.0343. The predicted octanol–water partition coefficient (Wildman–Crippen LogP) is 3.81. The summed E-state index contributed by atoms with van der Waals surface area (Å²) >= 11 is 6.80. The first kappa shape index (κ1) is 24.0. The number of rotatable bonds is 7. The van der Waals surface area contributed by atoms with Crippen LogP contribution in [0, 0.1) is 5.41 Å². The normalized spacial score (nSPS) is 16.9. The summed E-state index contributed by atoms with van der Waals surface area (Å²) in [5, 5.41) is 8.66. The number of benzene rings is 2. The summed E-state index contributed by atoms with van der Waals surface area (Å²) in [6.45, 7) is 0.889. The molecule has 2 aromatic rings. The van der Waals surface area contributed by atoms with Crippen LogP contribution in [0.5, 0.6) is 11.5 Å². The molecule has 0 aliphatic carbocycles. The first-order valence-corrected chi connectivity index (χ1v) is 13.1. The number of amides is 1. The van der Waals surface area contributed by atoms with Crippen molar-refractivity contribution in [1.29, 1.82) is 5.41 Å². The standard InChI is InChI=1S/C22H19ClN4O5S2/c1-34(29,30)22-26-33-21-25-20(28)16(19(24)27(21)22)13-14-7-9-15(10-8-14)31-11-4-12-32-18-6-3-2-5-17(18)23/h2-3,5-10,13,24H,4,11-12H2,1H3/b16-13-,24-19?. The Morgan fingerprint density at radius 1 is 1.12 bits per heavy atom. The van der Waals surface area contributed by atoms with E-state index in [0.29, 0.717) is 41.7 Å². The lowest BCUT2D eigenvalue weighted by molar-refractivity contribution is -0.114. The average molecular weight is 519 g/mol. The molecule has 0 saturated heterocycles. The molecule has 2 heterocycles. The summed E-state index contributed by atoms with van der Waals surface area (Å²) < 4.78 is 39.1. The molecule has 34 heavy (non-hydrogen) atoms. The van der Waals surface area contributed by atoms with Gasteiger partial charge in [0.2, 0.25) is 20.2 Å². The Labute approximate surface area is 205 Å². The van der Waals surface area contributed by atoms with E-state index >= 15 is 0 Å². The zero-order chi connectivity index (χ0) is 24.3. The number of aliphatic imine (C=N–C) groups is 1. The fourth-order valence-corrected chi connectivity index (χ4v) is 5.09. The molecule has 0 saturated carbocycles. The molecule has 0 bridgehead atoms. The molecule has 0 fully saturated rings. The van der Waals surface area contributed by atoms with E-state index in [-0.39, 0.29) is 21.7 Å². The van der Waals surface area contributed by atoms with E-state index < -0.39 is 15.7 Å². The summed E-state index contributed by atoms with van der Waals surface area (Å²) in [4.78, 5) is 17.4. The lowest BCUT2D eigenvalue weighted by Crippen LogP contribution is -2.45. The van der Waals surface area contributed by atoms with Crippen LogP contribution in [-0.4, -0.2) is 54.9 Å². The molecule has 2 aliphatic rings. The number of hydrogen-bond acceptors (Lipinski definition) is 8. The molecule has 2 aliphatic heterocycles. The minimum atomic E-state index is -3.69. The zero-order valence-corrected chi connectivity index (χ0v) is 20.3. The fraction of sp³-hybridized carbons (Fsp3) is 0.182. The van der Waals surface area contributed by atoms with Crippen LogP contribution in [0.15, 0.2) is 63.5 Å². The Hall–Kier alpha value is -3.15. The van der Waals surface area contributed by atoms with Crippen LogP contribution in [0.4, 0.5) is 0 Å². The third kappa shape index (κ3) is 5.32. The van der Waals surface area contributed by atoms with E-state index in [1.165, 1.54) is 6.08 Å². The van der Waals surface area contributed by atoms with Crippen LogP contribution in [0.25, 0.3) is 6.08 Å². The summed E-state index contributed by atoms with van der Waals surface area (Å²) in [6, 6.07) is 14.2. The molecule has 4 rings (SSSR count). The maximum absolute atomic E-state index is 12.4. The largest absolute Gasteiger partial charge is 0.493 e. The second-order valence-corrected chi connectivity index (χ2v) is 10.3. The second-order valence-electron chi connectivity index (χ2n) is 7.23. The van der Waals surface area contributed by atoms with Gasteiger partial charge in [-0.3, -0.25) is 10.2 Å². The molecule has 176 valence electrons. The monoisotopic (exact) mass is 518 g/mol. The van der Waals surface area contributed by atoms with E-state index in [4.69, 9.17) is 26.5 Å². The number of carbonyl (C=O) groups excluding carboxylic acids is 1. The highest BCUT2D eigenvalue weighted by molar-refractivity contribution is 8.16. The van der Waals surface area contributed by atoms with Gasteiger partial charge in [-0.1, -0.05) is 35.9 Å². The predicted molar refractivity (Wildman–Crippen MR) is 133 cm³/mol. The Bertz CT molecular complexity index is 1340. The van der Waals surface area contributed by atoms with Crippen molar-refractivity contribution in [2.75, 3.05) is 19.5 Å². The Morgan fingerprint density at radius 3 is 2.53 bits per heavy atom. The highest BCUT2D eigenvalue weighted by Gasteiger charge is 2.41. The summed E-state index contributed by atoms with van der Waals surface area (Å²) in [5.41, 5.74) is 0.596. The number of para-hydroxylation sites is 1. The van der Waals surface area contributed by atoms with Gasteiger partial charge in [-0.25, -0.2) is 13.3 Å². The number of halogens is 1. The molecule has 1 N–H and O–H groups in total. The SMILES string of the molecule is CS(=O)(=O)C1=NSC2=NC(=O)/C(=C\c3ccc(OCCCOc4ccccc4Cl)cc3)C(=N)N21. The quantitative estimate of drug-likeness (QED) is 0.336. The number of nitrogens with zero attached hydrogens (tertiary/aromatic N) is 3. The topological polar surface area (TPSA) is 121 Å². The molecule has 0 atom stereocenters. The molecule has 0 unspecified atom stereocenters. The Balaban J connectivity index is 1.36. The van der Waals surface area contributed by atoms with E-state index in [9.17, 15) is 13.2 Å². The van der Waals surface area contributed by atoms with Crippen LogP contribution in [0.2, 0.25) is 5.02 Å². The summed E-state index contributed by atoms with van der Waals surface area (Å²) in [7, 11) is -3.69. The molecule has 0 spiro atoms. The van der Waals surface area contributed by atoms with Crippen LogP contribution in [0.1, 0.15) is 12.0 Å². The van der Waals surface area contributed by atoms with Gasteiger partial charge in [-0.05, 0) is 35.9 Å². The van der Waals surface area contributed by atoms with Crippen LogP contribution < -0.4 is 9.47 Å². The molecular formula is C22H19ClN4O5S2. The minimum Gasteiger partial charge on any atom is -0.493 e. The maximum Gasteiger partial charge on any atom is 0.283 e. The van der Waals surface area contributed by atoms with Crippen molar-refractivity contribution in [2.45, 2.75) is 6.42 Å². The maximum atomic E-state index is 12.4. The molecule has 9 nitrogen and oxygen atoms in total. The third-order valence-corrected chi connectivity index (χ3v) is 6.74. The van der Waals surface area contributed by atoms with Gasteiger partial charge in [0.05, 0.1) is 35.8 Å². The van der Waals surface area contributed by atoms with Crippen molar-refractivity contribution in [3.63, 3.8) is 0 Å². The third-order valence-electron chi connectivity index (χ3n) is 4.67. The van der Waals surface area contributed by atoms with Gasteiger partial charge in [0, 0.05) is 12.7 Å². The van der Waals surface area contributed by atoms with Crippen LogP contribution in [-0.2, 0) is 14.6 Å². The van der Waals surface area contributed by atoms with Crippen molar-refractivity contribution in [1.82, 2.24) is 4.90 Å². The smallest absolute Gasteiger partial charge is 0.283 e. The van der Waals surface area contributed by atoms with E-state index in [1.54, 1.807) is 36.4 Å². The van der Waals surface area contributed by atoms with Crippen molar-refractivity contribution in [3.8, 4) is 11.5 Å². The van der Waals surface area contributed by atoms with Gasteiger partial charge >= 0.3 is 0 Å². The van der Waals surface area contributed by atoms with Gasteiger partial charge in [0.15, 0.2) is 0 Å². The van der Waals surface area contributed by atoms with Crippen molar-refractivity contribution < 1.29 is 22.7 Å². The molecule has 2 aromatic carbocycles. The molecule has 1 amide bonds. The number of carbonyl (C=O) groups is 1. The number of fused-ring (bicyclic) bond motifs is 1. The van der Waals surface area contributed by atoms with Crippen molar-refractivity contribution in [3.05, 3.63) is 64.7 Å². The fourth-order valence-electron chi connectivity index (χ4n) is 3.06. The molecular weight excluding hydrogens is 500 g/mol.